The minimum Gasteiger partial charge on any atom is -0.571 e. The number of carbonyl (C=O) groups excluding carboxylic acids is 2. The molecule has 0 radical (unpaired) electrons. The summed E-state index contributed by atoms with van der Waals surface area (Å²) in [6.07, 6.45) is -29.0. The van der Waals surface area contributed by atoms with Crippen LogP contribution in [0, 0.1) is 0 Å². The molecule has 3 fully saturated rings. The first-order chi connectivity index (χ1) is 32.1. The number of esters is 2. The number of phenolic OH excluding ortho intramolecular Hbond substituents is 2. The van der Waals surface area contributed by atoms with Crippen molar-refractivity contribution in [3.05, 3.63) is 41.2 Å². The second-order valence-electron chi connectivity index (χ2n) is 15.8. The molecule has 4 aliphatic rings. The van der Waals surface area contributed by atoms with E-state index in [1.54, 1.807) is 0 Å². The van der Waals surface area contributed by atoms with E-state index in [1.165, 1.54) is 45.4 Å². The first-order valence-electron chi connectivity index (χ1n) is 20.5. The first kappa shape index (κ1) is 51.6. The normalized spacial score (nSPS) is 33.4. The van der Waals surface area contributed by atoms with E-state index in [-0.39, 0.29) is 39.9 Å². The van der Waals surface area contributed by atoms with Crippen molar-refractivity contribution in [3.63, 3.8) is 0 Å². The zero-order valence-electron chi connectivity index (χ0n) is 36.0. The lowest BCUT2D eigenvalue weighted by Gasteiger charge is -2.43. The summed E-state index contributed by atoms with van der Waals surface area (Å²) in [6.45, 7) is -0.184. The maximum Gasteiger partial charge on any atom is 0.317 e. The lowest BCUT2D eigenvalue weighted by molar-refractivity contribution is -0.325. The Kier molecular flexibility index (Phi) is 16.4. The van der Waals surface area contributed by atoms with E-state index < -0.39 is 160 Å². The van der Waals surface area contributed by atoms with Crippen molar-refractivity contribution in [1.82, 2.24) is 0 Å². The monoisotopic (exact) mass is 975 g/mol. The second-order valence-corrected chi connectivity index (χ2v) is 15.8. The maximum absolute atomic E-state index is 12.0. The van der Waals surface area contributed by atoms with Gasteiger partial charge in [0, 0.05) is 12.1 Å². The Morgan fingerprint density at radius 1 is 0.632 bits per heavy atom. The molecule has 4 aliphatic heterocycles. The molecule has 2 aromatic rings. The molecule has 4 heterocycles. The molecule has 6 rings (SSSR count). The summed E-state index contributed by atoms with van der Waals surface area (Å²) in [5.41, 5.74) is 0.137. The number of hydrogen-bond acceptors (Lipinski definition) is 24. The summed E-state index contributed by atoms with van der Waals surface area (Å²) in [4.78, 5) is 45.7. The highest BCUT2D eigenvalue weighted by Crippen LogP contribution is 2.49. The average molecular weight is 976 g/mol. The van der Waals surface area contributed by atoms with Crippen molar-refractivity contribution in [2.45, 2.75) is 118 Å². The Hall–Kier alpha value is -5.82. The van der Waals surface area contributed by atoms with Crippen LogP contribution in [0.4, 0.5) is 0 Å². The van der Waals surface area contributed by atoms with E-state index in [4.69, 9.17) is 62.3 Å². The van der Waals surface area contributed by atoms with E-state index in [1.807, 2.05) is 0 Å². The largest absolute Gasteiger partial charge is 0.571 e. The van der Waals surface area contributed by atoms with Crippen LogP contribution in [0.5, 0.6) is 34.5 Å². The summed E-state index contributed by atoms with van der Waals surface area (Å²) in [5.74, 6) is -7.14. The van der Waals surface area contributed by atoms with Crippen molar-refractivity contribution in [1.29, 1.82) is 0 Å². The Morgan fingerprint density at radius 3 is 1.75 bits per heavy atom. The van der Waals surface area contributed by atoms with E-state index in [9.17, 15) is 70.2 Å². The zero-order chi connectivity index (χ0) is 49.9. The quantitative estimate of drug-likeness (QED) is 0.0413. The Morgan fingerprint density at radius 2 is 1.18 bits per heavy atom. The topological polar surface area (TPSA) is 416 Å². The van der Waals surface area contributed by atoms with Crippen LogP contribution in [0.1, 0.15) is 37.0 Å². The third-order valence-electron chi connectivity index (χ3n) is 11.0. The van der Waals surface area contributed by atoms with Gasteiger partial charge in [0.05, 0.1) is 38.6 Å². The standard InChI is InChI=1S/C41H50O27/c1-13-37(68-27(48)10-25(45)46)33(54)36(57)39(62-13)61-12-23-30(51)32(53)35(56)41(67-23)65-21-8-16-17(63-38(21)14-4-19(58-2)28(49)20(5-14)59-3)6-15(42)7-18(16)64-40-34(55)31(52)29(50)22(66-40)11-60-26(47)9-24(43)44/h4-8,13,22-23,29-42,49-57H,9-12H2,1-3H3,(H,43,44)(H,45,46)/p+1/t13-,22+,23+,29+,30+,31-,32-,33+,34+,35+,36-,37-,38?,39+,40+,41+/m0/s1. The number of aromatic hydroxyl groups is 3. The SMILES string of the molecule is COc1cc(C2[OH+]c3cc(O)cc(O[C@@H]4O[C@H](COC(=O)CC(=O)O)[C@@H](O)[C@H](O)[C@H]4O)c3C=C2O[C@@H]2O[C@H](CO[C@@H]3O[C@@H](C)[C@H](OC(=O)CC(=O)O)[C@H](O)[C@@H]3O)[C@@H](O)[C@H](O)[C@H]2O)cc(OC)c1O. The van der Waals surface area contributed by atoms with Gasteiger partial charge in [-0.25, -0.2) is 0 Å². The van der Waals surface area contributed by atoms with Crippen LogP contribution < -0.4 is 14.2 Å². The third kappa shape index (κ3) is 11.4. The number of methoxy groups -OCH3 is 2. The van der Waals surface area contributed by atoms with Gasteiger partial charge < -0.3 is 113 Å². The molecule has 0 aromatic heterocycles. The number of benzene rings is 2. The van der Waals surface area contributed by atoms with Gasteiger partial charge in [-0.1, -0.05) is 0 Å². The summed E-state index contributed by atoms with van der Waals surface area (Å²) >= 11 is 0. The van der Waals surface area contributed by atoms with E-state index in [2.05, 4.69) is 0 Å². The minimum absolute atomic E-state index is 0.0402. The minimum atomic E-state index is -2.02. The number of ether oxygens (including phenoxy) is 11. The maximum atomic E-state index is 12.0. The number of aliphatic hydroxyl groups is 9. The molecule has 13 N–H and O–H groups in total. The highest BCUT2D eigenvalue weighted by Gasteiger charge is 2.50. The van der Waals surface area contributed by atoms with Crippen molar-refractivity contribution in [2.24, 2.45) is 0 Å². The summed E-state index contributed by atoms with van der Waals surface area (Å²) in [5, 5.41) is 126. The molecular formula is C41H51O27+. The average Bonchev–Trinajstić information content (AvgIpc) is 3.28. The van der Waals surface area contributed by atoms with Crippen molar-refractivity contribution in [2.75, 3.05) is 27.4 Å². The van der Waals surface area contributed by atoms with Gasteiger partial charge in [-0.05, 0) is 19.1 Å². The predicted octanol–water partition coefficient (Wildman–Crippen LogP) is -3.65. The van der Waals surface area contributed by atoms with Crippen LogP contribution in [0.25, 0.3) is 6.08 Å². The van der Waals surface area contributed by atoms with Gasteiger partial charge in [0.25, 0.3) is 11.9 Å². The van der Waals surface area contributed by atoms with Crippen LogP contribution in [-0.2, 0) is 52.3 Å². The van der Waals surface area contributed by atoms with Crippen LogP contribution in [0.3, 0.4) is 0 Å². The molecule has 0 bridgehead atoms. The van der Waals surface area contributed by atoms with E-state index in [0.717, 1.165) is 6.07 Å². The molecule has 376 valence electrons. The highest BCUT2D eigenvalue weighted by atomic mass is 16.7. The number of carbonyl (C=O) groups is 4. The van der Waals surface area contributed by atoms with Crippen molar-refractivity contribution in [3.8, 4) is 34.5 Å². The van der Waals surface area contributed by atoms with Crippen LogP contribution >= 0.6 is 0 Å². The number of aliphatic hydroxyl groups excluding tert-OH is 8. The molecule has 0 aliphatic carbocycles. The lowest BCUT2D eigenvalue weighted by Crippen LogP contribution is -2.61. The van der Waals surface area contributed by atoms with E-state index >= 15 is 0 Å². The van der Waals surface area contributed by atoms with Crippen LogP contribution in [-0.4, -0.2) is 209 Å². The summed E-state index contributed by atoms with van der Waals surface area (Å²) < 4.78 is 60.0. The number of carboxylic acids is 2. The molecule has 16 atom stereocenters. The van der Waals surface area contributed by atoms with Gasteiger partial charge in [0.1, 0.15) is 97.6 Å². The van der Waals surface area contributed by atoms with E-state index in [0.29, 0.717) is 0 Å². The molecule has 0 amide bonds. The van der Waals surface area contributed by atoms with Gasteiger partial charge >= 0.3 is 23.9 Å². The highest BCUT2D eigenvalue weighted by molar-refractivity contribution is 5.90. The van der Waals surface area contributed by atoms with Gasteiger partial charge in [-0.3, -0.25) is 19.2 Å². The molecule has 27 heteroatoms. The first-order valence-corrected chi connectivity index (χ1v) is 20.5. The molecule has 2 aromatic carbocycles. The smallest absolute Gasteiger partial charge is 0.317 e. The number of carboxylic acid groups (broad SMARTS) is 2. The zero-order valence-corrected chi connectivity index (χ0v) is 36.0. The second kappa shape index (κ2) is 21.6. The molecule has 1 unspecified atom stereocenters. The van der Waals surface area contributed by atoms with Crippen molar-refractivity contribution >= 4 is 30.0 Å². The number of phenols is 2. The Balaban J connectivity index is 1.29. The van der Waals surface area contributed by atoms with Crippen molar-refractivity contribution < 1.29 is 133 Å². The number of rotatable bonds is 17. The molecule has 27 nitrogen and oxygen atoms in total. The summed E-state index contributed by atoms with van der Waals surface area (Å²) in [6, 6.07) is 4.89. The number of aliphatic carboxylic acids is 2. The fourth-order valence-electron chi connectivity index (χ4n) is 7.50. The lowest BCUT2D eigenvalue weighted by atomic mass is 9.97. The Bertz CT molecular complexity index is 2160. The molecule has 0 saturated carbocycles. The van der Waals surface area contributed by atoms with Crippen LogP contribution in [0.15, 0.2) is 30.0 Å². The van der Waals surface area contributed by atoms with Gasteiger partial charge in [-0.15, -0.1) is 0 Å². The summed E-state index contributed by atoms with van der Waals surface area (Å²) in [7, 11) is 2.50. The van der Waals surface area contributed by atoms with Gasteiger partial charge in [-0.2, -0.15) is 0 Å². The fraction of sp³-hybridized carbons (Fsp3) is 0.561. The fourth-order valence-corrected chi connectivity index (χ4v) is 7.50. The number of hydrogen-bond donors (Lipinski definition) is 12. The number of fused-ring (bicyclic) bond motifs is 1. The predicted molar refractivity (Wildman–Crippen MR) is 214 cm³/mol. The van der Waals surface area contributed by atoms with Gasteiger partial charge in [0.2, 0.25) is 18.3 Å². The van der Waals surface area contributed by atoms with Gasteiger partial charge in [0.15, 0.2) is 29.7 Å². The molecule has 68 heavy (non-hydrogen) atoms. The molecular weight excluding hydrogens is 924 g/mol. The molecule has 3 saturated heterocycles. The Labute approximate surface area is 383 Å². The van der Waals surface area contributed by atoms with Crippen LogP contribution in [0.2, 0.25) is 0 Å². The third-order valence-corrected chi connectivity index (χ3v) is 11.0. The molecule has 0 spiro atoms.